The number of rotatable bonds is 10. The molecule has 4 rings (SSSR count). The van der Waals surface area contributed by atoms with Crippen LogP contribution in [0, 0.1) is 0 Å². The molecule has 0 aliphatic heterocycles. The van der Waals surface area contributed by atoms with E-state index in [-0.39, 0.29) is 11.3 Å². The number of thiazole rings is 1. The molecule has 0 unspecified atom stereocenters. The van der Waals surface area contributed by atoms with Crippen LogP contribution in [0.2, 0.25) is 0 Å². The number of benzene rings is 2. The van der Waals surface area contributed by atoms with E-state index in [0.29, 0.717) is 24.4 Å². The molecular formula is C28H34N2O4S. The molecule has 1 heterocycles. The van der Waals surface area contributed by atoms with Gasteiger partial charge in [0.15, 0.2) is 11.5 Å². The van der Waals surface area contributed by atoms with Gasteiger partial charge in [0, 0.05) is 23.8 Å². The molecule has 2 aromatic carbocycles. The fraction of sp³-hybridized carbons (Fsp3) is 0.429. The number of hydrogen-bond acceptors (Lipinski definition) is 6. The van der Waals surface area contributed by atoms with Crippen molar-refractivity contribution < 1.29 is 19.0 Å². The quantitative estimate of drug-likeness (QED) is 0.399. The molecule has 1 aromatic heterocycles. The van der Waals surface area contributed by atoms with Gasteiger partial charge in [0.25, 0.3) is 5.91 Å². The first-order valence-electron chi connectivity index (χ1n) is 12.1. The maximum atomic E-state index is 13.0. The number of methoxy groups -OCH3 is 3. The van der Waals surface area contributed by atoms with E-state index in [4.69, 9.17) is 14.2 Å². The Hall–Kier alpha value is -3.06. The zero-order chi connectivity index (χ0) is 24.8. The predicted molar refractivity (Wildman–Crippen MR) is 139 cm³/mol. The Morgan fingerprint density at radius 1 is 1.00 bits per heavy atom. The third-order valence-electron chi connectivity index (χ3n) is 6.95. The van der Waals surface area contributed by atoms with Crippen molar-refractivity contribution in [3.05, 3.63) is 69.2 Å². The fourth-order valence-corrected chi connectivity index (χ4v) is 5.76. The number of aromatic nitrogens is 1. The lowest BCUT2D eigenvalue weighted by molar-refractivity contribution is 0.0938. The molecule has 1 aliphatic rings. The lowest BCUT2D eigenvalue weighted by Crippen LogP contribution is -2.39. The van der Waals surface area contributed by atoms with Crippen molar-refractivity contribution in [2.24, 2.45) is 0 Å². The number of nitrogens with zero attached hydrogens (tertiary/aromatic N) is 1. The maximum absolute atomic E-state index is 13.0. The Kier molecular flexibility index (Phi) is 7.96. The zero-order valence-corrected chi connectivity index (χ0v) is 21.8. The smallest absolute Gasteiger partial charge is 0.270 e. The van der Waals surface area contributed by atoms with E-state index in [1.165, 1.54) is 22.5 Å². The van der Waals surface area contributed by atoms with E-state index in [1.54, 1.807) is 21.3 Å². The Morgan fingerprint density at radius 2 is 1.74 bits per heavy atom. The summed E-state index contributed by atoms with van der Waals surface area (Å²) in [7, 11) is 4.98. The van der Waals surface area contributed by atoms with Crippen molar-refractivity contribution in [3.63, 3.8) is 0 Å². The molecule has 186 valence electrons. The number of aryl methyl sites for hydroxylation is 1. The second kappa shape index (κ2) is 11.1. The standard InChI is InChI=1S/C28H34N2O4S/c1-5-19-12-20(14-22(13-19)32-2)15-26-30-23(17-35-26)27(31)29-18-28(10-6-7-11-28)21-8-9-24(33-3)25(16-21)34-4/h8-9,12-14,16-17H,5-7,10-11,15,18H2,1-4H3,(H,29,31). The topological polar surface area (TPSA) is 69.7 Å². The Balaban J connectivity index is 1.46. The number of carbonyl (C=O) groups is 1. The van der Waals surface area contributed by atoms with E-state index in [2.05, 4.69) is 41.5 Å². The van der Waals surface area contributed by atoms with Gasteiger partial charge < -0.3 is 19.5 Å². The minimum absolute atomic E-state index is 0.106. The Bertz CT molecular complexity index is 1150. The first kappa shape index (κ1) is 25.0. The van der Waals surface area contributed by atoms with Gasteiger partial charge in [-0.05, 0) is 60.2 Å². The predicted octanol–water partition coefficient (Wildman–Crippen LogP) is 5.56. The number of ether oxygens (including phenoxy) is 3. The van der Waals surface area contributed by atoms with Gasteiger partial charge in [0.1, 0.15) is 11.4 Å². The highest BCUT2D eigenvalue weighted by Gasteiger charge is 2.36. The normalized spacial score (nSPS) is 14.5. The van der Waals surface area contributed by atoms with Gasteiger partial charge in [-0.3, -0.25) is 4.79 Å². The van der Waals surface area contributed by atoms with Crippen molar-refractivity contribution in [2.45, 2.75) is 50.9 Å². The van der Waals surface area contributed by atoms with E-state index in [9.17, 15) is 4.79 Å². The third-order valence-corrected chi connectivity index (χ3v) is 7.80. The molecule has 3 aromatic rings. The molecule has 0 saturated heterocycles. The van der Waals surface area contributed by atoms with Crippen LogP contribution in [0.4, 0.5) is 0 Å². The van der Waals surface area contributed by atoms with E-state index in [0.717, 1.165) is 54.2 Å². The summed E-state index contributed by atoms with van der Waals surface area (Å²) >= 11 is 1.52. The van der Waals surface area contributed by atoms with Crippen molar-refractivity contribution in [2.75, 3.05) is 27.9 Å². The second-order valence-electron chi connectivity index (χ2n) is 9.09. The molecule has 0 radical (unpaired) electrons. The van der Waals surface area contributed by atoms with Crippen LogP contribution in [0.25, 0.3) is 0 Å². The van der Waals surface area contributed by atoms with Crippen LogP contribution in [-0.4, -0.2) is 38.8 Å². The number of hydrogen-bond donors (Lipinski definition) is 1. The van der Waals surface area contributed by atoms with Crippen LogP contribution in [0.15, 0.2) is 41.8 Å². The van der Waals surface area contributed by atoms with Crippen LogP contribution in [0.5, 0.6) is 17.2 Å². The first-order chi connectivity index (χ1) is 17.0. The van der Waals surface area contributed by atoms with Gasteiger partial charge in [-0.15, -0.1) is 11.3 Å². The fourth-order valence-electron chi connectivity index (χ4n) is 4.95. The van der Waals surface area contributed by atoms with E-state index < -0.39 is 0 Å². The van der Waals surface area contributed by atoms with Gasteiger partial charge in [-0.1, -0.05) is 31.9 Å². The van der Waals surface area contributed by atoms with Crippen LogP contribution >= 0.6 is 11.3 Å². The molecule has 0 bridgehead atoms. The van der Waals surface area contributed by atoms with Gasteiger partial charge >= 0.3 is 0 Å². The first-order valence-corrected chi connectivity index (χ1v) is 13.0. The third kappa shape index (κ3) is 5.61. The highest BCUT2D eigenvalue weighted by molar-refractivity contribution is 7.09. The van der Waals surface area contributed by atoms with Crippen molar-refractivity contribution >= 4 is 17.2 Å². The highest BCUT2D eigenvalue weighted by Crippen LogP contribution is 2.43. The largest absolute Gasteiger partial charge is 0.497 e. The van der Waals surface area contributed by atoms with Crippen LogP contribution < -0.4 is 19.5 Å². The molecule has 1 saturated carbocycles. The Morgan fingerprint density at radius 3 is 2.43 bits per heavy atom. The van der Waals surface area contributed by atoms with Crippen LogP contribution in [-0.2, 0) is 18.3 Å². The summed E-state index contributed by atoms with van der Waals surface area (Å²) in [6.07, 6.45) is 5.97. The molecule has 0 spiro atoms. The molecule has 1 aliphatic carbocycles. The minimum atomic E-state index is -0.126. The van der Waals surface area contributed by atoms with Crippen LogP contribution in [0.3, 0.4) is 0 Å². The van der Waals surface area contributed by atoms with E-state index in [1.807, 2.05) is 17.5 Å². The number of carbonyl (C=O) groups excluding carboxylic acids is 1. The molecular weight excluding hydrogens is 460 g/mol. The molecule has 35 heavy (non-hydrogen) atoms. The van der Waals surface area contributed by atoms with Gasteiger partial charge in [-0.25, -0.2) is 4.98 Å². The highest BCUT2D eigenvalue weighted by atomic mass is 32.1. The summed E-state index contributed by atoms with van der Waals surface area (Å²) < 4.78 is 16.4. The average Bonchev–Trinajstić information content (AvgIpc) is 3.57. The number of nitrogens with one attached hydrogen (secondary N) is 1. The maximum Gasteiger partial charge on any atom is 0.270 e. The zero-order valence-electron chi connectivity index (χ0n) is 21.0. The second-order valence-corrected chi connectivity index (χ2v) is 10.0. The van der Waals surface area contributed by atoms with Gasteiger partial charge in [-0.2, -0.15) is 0 Å². The lowest BCUT2D eigenvalue weighted by Gasteiger charge is -2.30. The monoisotopic (exact) mass is 494 g/mol. The molecule has 1 fully saturated rings. The van der Waals surface area contributed by atoms with Gasteiger partial charge in [0.05, 0.1) is 26.3 Å². The van der Waals surface area contributed by atoms with Gasteiger partial charge in [0.2, 0.25) is 0 Å². The summed E-state index contributed by atoms with van der Waals surface area (Å²) in [5, 5.41) is 5.94. The number of amides is 1. The summed E-state index contributed by atoms with van der Waals surface area (Å²) in [5.74, 6) is 2.16. The molecule has 6 nitrogen and oxygen atoms in total. The lowest BCUT2D eigenvalue weighted by atomic mass is 9.78. The van der Waals surface area contributed by atoms with Crippen LogP contribution in [0.1, 0.15) is 64.8 Å². The van der Waals surface area contributed by atoms with Crippen molar-refractivity contribution in [3.8, 4) is 17.2 Å². The van der Waals surface area contributed by atoms with Crippen molar-refractivity contribution in [1.29, 1.82) is 0 Å². The molecule has 0 atom stereocenters. The molecule has 7 heteroatoms. The van der Waals surface area contributed by atoms with Crippen molar-refractivity contribution in [1.82, 2.24) is 10.3 Å². The summed E-state index contributed by atoms with van der Waals surface area (Å²) in [6, 6.07) is 12.4. The summed E-state index contributed by atoms with van der Waals surface area (Å²) in [5.41, 5.74) is 3.91. The molecule has 1 amide bonds. The SMILES string of the molecule is CCc1cc(Cc2nc(C(=O)NCC3(c4ccc(OC)c(OC)c4)CCCC3)cs2)cc(OC)c1. The summed E-state index contributed by atoms with van der Waals surface area (Å²) in [6.45, 7) is 2.70. The minimum Gasteiger partial charge on any atom is -0.497 e. The average molecular weight is 495 g/mol. The molecule has 1 N–H and O–H groups in total. The van der Waals surface area contributed by atoms with E-state index >= 15 is 0 Å². The Labute approximate surface area is 211 Å². The summed E-state index contributed by atoms with van der Waals surface area (Å²) in [4.78, 5) is 17.7.